The van der Waals surface area contributed by atoms with E-state index < -0.39 is 0 Å². The molecule has 0 heterocycles. The number of aromatic hydroxyl groups is 2. The average Bonchev–Trinajstić information content (AvgIpc) is 2.05. The Balaban J connectivity index is 0.00000256. The molecule has 0 aromatic heterocycles. The van der Waals surface area contributed by atoms with Gasteiger partial charge in [-0.2, -0.15) is 0 Å². The standard InChI is InChI=1S/C14H22O2.Cu/c1-13(2,3)9-7-10(14(4,5)6)12(16)11(15)8-9;/h7-8,15-16H,1-6H3;. The van der Waals surface area contributed by atoms with Crippen LogP contribution in [0.1, 0.15) is 52.7 Å². The molecule has 1 radical (unpaired) electrons. The normalized spacial score (nSPS) is 12.1. The van der Waals surface area contributed by atoms with Crippen LogP contribution in [0.25, 0.3) is 0 Å². The molecule has 0 fully saturated rings. The zero-order valence-corrected chi connectivity index (χ0v) is 12.3. The van der Waals surface area contributed by atoms with Gasteiger partial charge in [0.15, 0.2) is 11.5 Å². The summed E-state index contributed by atoms with van der Waals surface area (Å²) in [5.74, 6) is -0.0298. The third-order valence-corrected chi connectivity index (χ3v) is 2.76. The van der Waals surface area contributed by atoms with E-state index in [2.05, 4.69) is 20.8 Å². The largest absolute Gasteiger partial charge is 0.504 e. The van der Waals surface area contributed by atoms with Crippen LogP contribution >= 0.6 is 0 Å². The Labute approximate surface area is 115 Å². The third-order valence-electron chi connectivity index (χ3n) is 2.76. The van der Waals surface area contributed by atoms with Crippen LogP contribution in [0.2, 0.25) is 0 Å². The summed E-state index contributed by atoms with van der Waals surface area (Å²) < 4.78 is 0. The van der Waals surface area contributed by atoms with Crippen LogP contribution in [0.5, 0.6) is 11.5 Å². The number of phenolic OH excluding ortho intramolecular Hbond substituents is 2. The van der Waals surface area contributed by atoms with Gasteiger partial charge >= 0.3 is 0 Å². The molecule has 1 aromatic carbocycles. The minimum Gasteiger partial charge on any atom is -0.504 e. The van der Waals surface area contributed by atoms with Crippen molar-refractivity contribution in [1.29, 1.82) is 0 Å². The first-order chi connectivity index (χ1) is 7.03. The molecule has 101 valence electrons. The second kappa shape index (κ2) is 4.91. The van der Waals surface area contributed by atoms with Crippen molar-refractivity contribution < 1.29 is 27.3 Å². The monoisotopic (exact) mass is 285 g/mol. The smallest absolute Gasteiger partial charge is 0.161 e. The number of hydrogen-bond donors (Lipinski definition) is 2. The van der Waals surface area contributed by atoms with E-state index in [0.717, 1.165) is 11.1 Å². The summed E-state index contributed by atoms with van der Waals surface area (Å²) in [5.41, 5.74) is 1.61. The van der Waals surface area contributed by atoms with Crippen molar-refractivity contribution in [2.45, 2.75) is 52.4 Å². The van der Waals surface area contributed by atoms with Crippen molar-refractivity contribution in [1.82, 2.24) is 0 Å². The molecule has 0 aliphatic carbocycles. The first-order valence-corrected chi connectivity index (χ1v) is 5.60. The van der Waals surface area contributed by atoms with Gasteiger partial charge in [0.25, 0.3) is 0 Å². The Hall–Kier alpha value is -0.661. The molecule has 0 saturated carbocycles. The molecule has 17 heavy (non-hydrogen) atoms. The van der Waals surface area contributed by atoms with Gasteiger partial charge in [-0.15, -0.1) is 0 Å². The number of rotatable bonds is 0. The van der Waals surface area contributed by atoms with E-state index in [1.54, 1.807) is 6.07 Å². The molecule has 0 amide bonds. The van der Waals surface area contributed by atoms with Gasteiger partial charge < -0.3 is 10.2 Å². The van der Waals surface area contributed by atoms with E-state index in [-0.39, 0.29) is 39.4 Å². The molecule has 0 aliphatic rings. The molecule has 0 spiro atoms. The Morgan fingerprint density at radius 1 is 0.824 bits per heavy atom. The summed E-state index contributed by atoms with van der Waals surface area (Å²) in [6, 6.07) is 3.62. The van der Waals surface area contributed by atoms with Crippen molar-refractivity contribution in [2.24, 2.45) is 0 Å². The molecule has 0 saturated heterocycles. The van der Waals surface area contributed by atoms with Gasteiger partial charge in [-0.3, -0.25) is 0 Å². The van der Waals surface area contributed by atoms with Gasteiger partial charge in [0.2, 0.25) is 0 Å². The fraction of sp³-hybridized carbons (Fsp3) is 0.571. The second-order valence-electron chi connectivity index (χ2n) is 6.39. The number of benzene rings is 1. The molecule has 0 bridgehead atoms. The number of hydrogen-bond acceptors (Lipinski definition) is 2. The van der Waals surface area contributed by atoms with E-state index in [9.17, 15) is 10.2 Å². The summed E-state index contributed by atoms with van der Waals surface area (Å²) in [4.78, 5) is 0. The predicted molar refractivity (Wildman–Crippen MR) is 67.2 cm³/mol. The fourth-order valence-corrected chi connectivity index (χ4v) is 1.62. The van der Waals surface area contributed by atoms with E-state index >= 15 is 0 Å². The van der Waals surface area contributed by atoms with Gasteiger partial charge in [-0.05, 0) is 22.5 Å². The van der Waals surface area contributed by atoms with E-state index in [0.29, 0.717) is 0 Å². The molecule has 1 rings (SSSR count). The molecule has 0 atom stereocenters. The average molecular weight is 286 g/mol. The molecular weight excluding hydrogens is 264 g/mol. The molecule has 3 heteroatoms. The van der Waals surface area contributed by atoms with Crippen LogP contribution in [0.3, 0.4) is 0 Å². The Kier molecular flexibility index (Phi) is 4.72. The summed E-state index contributed by atoms with van der Waals surface area (Å²) in [6.45, 7) is 12.3. The van der Waals surface area contributed by atoms with Crippen molar-refractivity contribution in [2.75, 3.05) is 0 Å². The van der Waals surface area contributed by atoms with E-state index in [4.69, 9.17) is 0 Å². The molecule has 0 aliphatic heterocycles. The Morgan fingerprint density at radius 2 is 1.29 bits per heavy atom. The van der Waals surface area contributed by atoms with Crippen LogP contribution in [0.15, 0.2) is 12.1 Å². The van der Waals surface area contributed by atoms with Gasteiger partial charge in [-0.1, -0.05) is 47.6 Å². The fourth-order valence-electron chi connectivity index (χ4n) is 1.62. The molecule has 2 N–H and O–H groups in total. The molecular formula is C14H22CuO2. The van der Waals surface area contributed by atoms with E-state index in [1.807, 2.05) is 26.8 Å². The third kappa shape index (κ3) is 3.65. The first kappa shape index (κ1) is 16.3. The number of phenols is 2. The van der Waals surface area contributed by atoms with Crippen LogP contribution in [-0.4, -0.2) is 10.2 Å². The van der Waals surface area contributed by atoms with Crippen LogP contribution in [0.4, 0.5) is 0 Å². The summed E-state index contributed by atoms with van der Waals surface area (Å²) >= 11 is 0. The molecule has 2 nitrogen and oxygen atoms in total. The summed E-state index contributed by atoms with van der Waals surface area (Å²) in [7, 11) is 0. The van der Waals surface area contributed by atoms with Gasteiger partial charge in [0.1, 0.15) is 0 Å². The first-order valence-electron chi connectivity index (χ1n) is 5.60. The maximum Gasteiger partial charge on any atom is 0.161 e. The van der Waals surface area contributed by atoms with Crippen molar-refractivity contribution in [3.8, 4) is 11.5 Å². The zero-order chi connectivity index (χ0) is 12.7. The second-order valence-corrected chi connectivity index (χ2v) is 6.39. The van der Waals surface area contributed by atoms with Crippen molar-refractivity contribution in [3.63, 3.8) is 0 Å². The van der Waals surface area contributed by atoms with Crippen molar-refractivity contribution >= 4 is 0 Å². The van der Waals surface area contributed by atoms with Gasteiger partial charge in [0, 0.05) is 22.6 Å². The summed E-state index contributed by atoms with van der Waals surface area (Å²) in [6.07, 6.45) is 0. The maximum absolute atomic E-state index is 9.87. The summed E-state index contributed by atoms with van der Waals surface area (Å²) in [5, 5.41) is 19.6. The topological polar surface area (TPSA) is 40.5 Å². The van der Waals surface area contributed by atoms with Crippen molar-refractivity contribution in [3.05, 3.63) is 23.3 Å². The maximum atomic E-state index is 9.87. The SMILES string of the molecule is CC(C)(C)c1cc(O)c(O)c(C(C)(C)C)c1.[Cu]. The Bertz CT molecular complexity index is 398. The minimum atomic E-state index is -0.178. The Morgan fingerprint density at radius 3 is 1.65 bits per heavy atom. The predicted octanol–water partition coefficient (Wildman–Crippen LogP) is 3.69. The van der Waals surface area contributed by atoms with Crippen LogP contribution < -0.4 is 0 Å². The zero-order valence-electron chi connectivity index (χ0n) is 11.4. The molecule has 0 unspecified atom stereocenters. The molecule has 1 aromatic rings. The quantitative estimate of drug-likeness (QED) is 0.564. The minimum absolute atomic E-state index is 0. The van der Waals surface area contributed by atoms with Gasteiger partial charge in [-0.25, -0.2) is 0 Å². The van der Waals surface area contributed by atoms with E-state index in [1.165, 1.54) is 0 Å². The van der Waals surface area contributed by atoms with Crippen LogP contribution in [-0.2, 0) is 27.9 Å². The van der Waals surface area contributed by atoms with Gasteiger partial charge in [0.05, 0.1) is 0 Å². The van der Waals surface area contributed by atoms with Crippen LogP contribution in [0, 0.1) is 0 Å².